The van der Waals surface area contributed by atoms with Crippen LogP contribution in [0, 0.1) is 21.4 Å². The van der Waals surface area contributed by atoms with Gasteiger partial charge in [0.1, 0.15) is 6.07 Å². The summed E-state index contributed by atoms with van der Waals surface area (Å²) in [7, 11) is 0. The summed E-state index contributed by atoms with van der Waals surface area (Å²) in [6, 6.07) is 5.83. The van der Waals surface area contributed by atoms with Gasteiger partial charge in [-0.3, -0.25) is 10.1 Å². The number of anilines is 1. The predicted octanol–water partition coefficient (Wildman–Crippen LogP) is 0.00828. The van der Waals surface area contributed by atoms with E-state index >= 15 is 0 Å². The van der Waals surface area contributed by atoms with Gasteiger partial charge in [-0.25, -0.2) is 0 Å². The summed E-state index contributed by atoms with van der Waals surface area (Å²) >= 11 is 0. The molecule has 2 rings (SSSR count). The van der Waals surface area contributed by atoms with Gasteiger partial charge in [-0.15, -0.1) is 0 Å². The van der Waals surface area contributed by atoms with Crippen molar-refractivity contribution < 1.29 is 15.1 Å². The molecule has 1 aromatic carbocycles. The van der Waals surface area contributed by atoms with E-state index in [-0.39, 0.29) is 24.3 Å². The van der Waals surface area contributed by atoms with E-state index in [4.69, 9.17) is 5.26 Å². The number of aliphatic hydroxyl groups excluding tert-OH is 2. The molecule has 0 spiro atoms. The van der Waals surface area contributed by atoms with E-state index in [1.165, 1.54) is 18.2 Å². The van der Waals surface area contributed by atoms with E-state index in [0.717, 1.165) is 0 Å². The molecule has 1 aromatic rings. The number of benzene rings is 1. The zero-order valence-electron chi connectivity index (χ0n) is 9.35. The predicted molar refractivity (Wildman–Crippen MR) is 62.0 cm³/mol. The minimum atomic E-state index is -0.869. The second-order valence-electron chi connectivity index (χ2n) is 4.11. The average Bonchev–Trinajstić information content (AvgIpc) is 2.68. The zero-order valence-corrected chi connectivity index (χ0v) is 9.35. The van der Waals surface area contributed by atoms with E-state index < -0.39 is 17.1 Å². The third-order valence-electron chi connectivity index (χ3n) is 2.91. The van der Waals surface area contributed by atoms with Gasteiger partial charge in [-0.05, 0) is 6.07 Å². The molecule has 2 atom stereocenters. The fourth-order valence-electron chi connectivity index (χ4n) is 1.97. The Bertz CT molecular complexity index is 516. The number of nitrogens with zero attached hydrogens (tertiary/aromatic N) is 3. The molecule has 0 aromatic heterocycles. The van der Waals surface area contributed by atoms with E-state index in [1.54, 1.807) is 4.90 Å². The van der Waals surface area contributed by atoms with Gasteiger partial charge in [0.2, 0.25) is 0 Å². The molecule has 0 bridgehead atoms. The van der Waals surface area contributed by atoms with Gasteiger partial charge in [0.05, 0.1) is 28.4 Å². The van der Waals surface area contributed by atoms with Crippen molar-refractivity contribution in [3.63, 3.8) is 0 Å². The molecule has 1 fully saturated rings. The molecule has 0 aliphatic carbocycles. The highest BCUT2D eigenvalue weighted by molar-refractivity contribution is 5.63. The SMILES string of the molecule is N#Cc1cc([N+](=O)[O-])ccc1N1CC(O)C(O)C1. The quantitative estimate of drug-likeness (QED) is 0.564. The Balaban J connectivity index is 2.35. The molecule has 0 saturated carbocycles. The van der Waals surface area contributed by atoms with E-state index in [2.05, 4.69) is 0 Å². The first-order valence-corrected chi connectivity index (χ1v) is 5.32. The lowest BCUT2D eigenvalue weighted by molar-refractivity contribution is -0.384. The molecule has 18 heavy (non-hydrogen) atoms. The smallest absolute Gasteiger partial charge is 0.270 e. The van der Waals surface area contributed by atoms with E-state index in [1.807, 2.05) is 6.07 Å². The number of aliphatic hydroxyl groups is 2. The standard InChI is InChI=1S/C11H11N3O4/c12-4-7-3-8(14(17)18)1-2-9(7)13-5-10(15)11(16)6-13/h1-3,10-11,15-16H,5-6H2. The minimum absolute atomic E-state index is 0.157. The first kappa shape index (κ1) is 12.3. The molecule has 1 saturated heterocycles. The summed E-state index contributed by atoms with van der Waals surface area (Å²) in [5.74, 6) is 0. The number of non-ortho nitro benzene ring substituents is 1. The van der Waals surface area contributed by atoms with Crippen LogP contribution in [0.25, 0.3) is 0 Å². The first-order chi connectivity index (χ1) is 8.52. The highest BCUT2D eigenvalue weighted by atomic mass is 16.6. The molecule has 0 amide bonds. The third-order valence-corrected chi connectivity index (χ3v) is 2.91. The summed E-state index contributed by atoms with van der Waals surface area (Å²) in [5, 5.41) is 38.5. The van der Waals surface area contributed by atoms with Crippen LogP contribution in [0.2, 0.25) is 0 Å². The Morgan fingerprint density at radius 1 is 1.39 bits per heavy atom. The summed E-state index contributed by atoms with van der Waals surface area (Å²) in [5.41, 5.74) is 0.486. The lowest BCUT2D eigenvalue weighted by atomic mass is 10.1. The Kier molecular flexibility index (Phi) is 3.14. The molecule has 7 heteroatoms. The van der Waals surface area contributed by atoms with Crippen LogP contribution in [-0.2, 0) is 0 Å². The van der Waals surface area contributed by atoms with Crippen LogP contribution in [0.3, 0.4) is 0 Å². The van der Waals surface area contributed by atoms with Crippen molar-refractivity contribution >= 4 is 11.4 Å². The maximum atomic E-state index is 10.6. The number of rotatable bonds is 2. The molecule has 1 heterocycles. The number of hydrogen-bond acceptors (Lipinski definition) is 6. The lowest BCUT2D eigenvalue weighted by Gasteiger charge is -2.18. The third kappa shape index (κ3) is 2.11. The second-order valence-corrected chi connectivity index (χ2v) is 4.11. The van der Waals surface area contributed by atoms with E-state index in [0.29, 0.717) is 5.69 Å². The Hall–Kier alpha value is -2.17. The van der Waals surface area contributed by atoms with Crippen molar-refractivity contribution in [2.45, 2.75) is 12.2 Å². The normalized spacial score (nSPS) is 22.8. The summed E-state index contributed by atoms with van der Waals surface area (Å²) in [6.45, 7) is 0.404. The highest BCUT2D eigenvalue weighted by Crippen LogP contribution is 2.27. The van der Waals surface area contributed by atoms with Gasteiger partial charge >= 0.3 is 0 Å². The second kappa shape index (κ2) is 4.60. The van der Waals surface area contributed by atoms with Crippen molar-refractivity contribution in [1.29, 1.82) is 5.26 Å². The van der Waals surface area contributed by atoms with Crippen molar-refractivity contribution in [2.75, 3.05) is 18.0 Å². The summed E-state index contributed by atoms with van der Waals surface area (Å²) < 4.78 is 0. The number of nitro groups is 1. The highest BCUT2D eigenvalue weighted by Gasteiger charge is 2.31. The van der Waals surface area contributed by atoms with Crippen LogP contribution in [0.5, 0.6) is 0 Å². The van der Waals surface area contributed by atoms with Gasteiger partial charge in [-0.2, -0.15) is 5.26 Å². The van der Waals surface area contributed by atoms with Gasteiger partial charge in [0, 0.05) is 25.2 Å². The largest absolute Gasteiger partial charge is 0.389 e. The van der Waals surface area contributed by atoms with Crippen LogP contribution >= 0.6 is 0 Å². The van der Waals surface area contributed by atoms with Crippen molar-refractivity contribution in [2.24, 2.45) is 0 Å². The minimum Gasteiger partial charge on any atom is -0.389 e. The van der Waals surface area contributed by atoms with Crippen molar-refractivity contribution in [3.8, 4) is 6.07 Å². The Morgan fingerprint density at radius 3 is 2.50 bits per heavy atom. The molecule has 1 aliphatic heterocycles. The van der Waals surface area contributed by atoms with Crippen molar-refractivity contribution in [1.82, 2.24) is 0 Å². The van der Waals surface area contributed by atoms with Crippen LogP contribution in [0.1, 0.15) is 5.56 Å². The summed E-state index contributed by atoms with van der Waals surface area (Å²) in [4.78, 5) is 11.7. The van der Waals surface area contributed by atoms with Crippen LogP contribution < -0.4 is 4.90 Å². The molecule has 2 unspecified atom stereocenters. The molecule has 2 N–H and O–H groups in total. The topological polar surface area (TPSA) is 111 Å². The van der Waals surface area contributed by atoms with Gasteiger partial charge in [0.25, 0.3) is 5.69 Å². The molecular weight excluding hydrogens is 238 g/mol. The molecule has 94 valence electrons. The maximum Gasteiger partial charge on any atom is 0.270 e. The number of nitro benzene ring substituents is 1. The number of hydrogen-bond donors (Lipinski definition) is 2. The fourth-order valence-corrected chi connectivity index (χ4v) is 1.97. The van der Waals surface area contributed by atoms with Gasteiger partial charge in [-0.1, -0.05) is 0 Å². The molecular formula is C11H11N3O4. The molecule has 0 radical (unpaired) electrons. The average molecular weight is 249 g/mol. The summed E-state index contributed by atoms with van der Waals surface area (Å²) in [6.07, 6.45) is -1.74. The Labute approximate surface area is 103 Å². The first-order valence-electron chi connectivity index (χ1n) is 5.32. The van der Waals surface area contributed by atoms with Gasteiger partial charge in [0.15, 0.2) is 0 Å². The zero-order chi connectivity index (χ0) is 13.3. The molecule has 7 nitrogen and oxygen atoms in total. The number of nitriles is 1. The van der Waals surface area contributed by atoms with Crippen LogP contribution in [0.4, 0.5) is 11.4 Å². The maximum absolute atomic E-state index is 10.6. The van der Waals surface area contributed by atoms with Crippen molar-refractivity contribution in [3.05, 3.63) is 33.9 Å². The Morgan fingerprint density at radius 2 is 2.00 bits per heavy atom. The monoisotopic (exact) mass is 249 g/mol. The van der Waals surface area contributed by atoms with E-state index in [9.17, 15) is 20.3 Å². The lowest BCUT2D eigenvalue weighted by Crippen LogP contribution is -2.22. The fraction of sp³-hybridized carbons (Fsp3) is 0.364. The van der Waals surface area contributed by atoms with Crippen LogP contribution in [-0.4, -0.2) is 40.4 Å². The number of β-amino-alcohol motifs (C(OH)–C–C–N with tert-alkyl or cyclic N) is 2. The van der Waals surface area contributed by atoms with Crippen LogP contribution in [0.15, 0.2) is 18.2 Å². The van der Waals surface area contributed by atoms with Gasteiger partial charge < -0.3 is 15.1 Å². The molecule has 1 aliphatic rings.